The van der Waals surface area contributed by atoms with E-state index in [9.17, 15) is 4.79 Å². The van der Waals surface area contributed by atoms with E-state index in [1.165, 1.54) is 6.07 Å². The maximum atomic E-state index is 10.2. The Morgan fingerprint density at radius 2 is 1.46 bits per heavy atom. The summed E-state index contributed by atoms with van der Waals surface area (Å²) in [5.41, 5.74) is -0.0532. The molecule has 0 amide bonds. The standard InChI is InChI=1S/C5H5NO.2C2H6.2Ar/c7-5-3-1-2-4-6-5;2*1-2;;/h1-4H,(H,6,7);2*1-2H3;;. The van der Waals surface area contributed by atoms with Gasteiger partial charge < -0.3 is 4.98 Å². The van der Waals surface area contributed by atoms with Crippen molar-refractivity contribution in [1.82, 2.24) is 4.98 Å². The van der Waals surface area contributed by atoms with E-state index in [2.05, 4.69) is 4.98 Å². The summed E-state index contributed by atoms with van der Waals surface area (Å²) in [6.07, 6.45) is 1.60. The van der Waals surface area contributed by atoms with Gasteiger partial charge in [0.2, 0.25) is 5.56 Å². The number of hydrogen-bond donors (Lipinski definition) is 1. The zero-order valence-corrected chi connectivity index (χ0v) is 9.84. The van der Waals surface area contributed by atoms with Crippen LogP contribution in [0, 0.1) is 75.5 Å². The summed E-state index contributed by atoms with van der Waals surface area (Å²) in [6, 6.07) is 4.93. The van der Waals surface area contributed by atoms with Crippen LogP contribution in [0.15, 0.2) is 29.2 Å². The summed E-state index contributed by atoms with van der Waals surface area (Å²) in [6.45, 7) is 8.00. The van der Waals surface area contributed by atoms with Gasteiger partial charge in [-0.05, 0) is 6.07 Å². The zero-order chi connectivity index (χ0) is 9.11. The molecule has 0 aromatic carbocycles. The van der Waals surface area contributed by atoms with Crippen LogP contribution in [0.1, 0.15) is 27.7 Å². The van der Waals surface area contributed by atoms with Crippen LogP contribution in [-0.2, 0) is 0 Å². The molecular weight excluding hydrogens is 218 g/mol. The zero-order valence-electron chi connectivity index (χ0n) is 8.42. The fourth-order valence-corrected chi connectivity index (χ4v) is 0.377. The number of nitrogens with one attached hydrogen (secondary N) is 1. The van der Waals surface area contributed by atoms with Crippen molar-refractivity contribution >= 4 is 0 Å². The smallest absolute Gasteiger partial charge is 0.247 e. The summed E-state index contributed by atoms with van der Waals surface area (Å²) in [5.74, 6) is 0. The Morgan fingerprint density at radius 3 is 1.62 bits per heavy atom. The quantitative estimate of drug-likeness (QED) is 0.735. The minimum absolute atomic E-state index is 0. The van der Waals surface area contributed by atoms with Crippen molar-refractivity contribution in [2.75, 3.05) is 0 Å². The van der Waals surface area contributed by atoms with Crippen LogP contribution in [0.25, 0.3) is 0 Å². The third-order valence-corrected chi connectivity index (χ3v) is 0.681. The second-order valence-corrected chi connectivity index (χ2v) is 1.23. The average Bonchev–Trinajstić information content (AvgIpc) is 2.13. The predicted octanol–water partition coefficient (Wildman–Crippen LogP) is 2.43. The van der Waals surface area contributed by atoms with Gasteiger partial charge in [-0.2, -0.15) is 0 Å². The molecule has 1 N–H and O–H groups in total. The molecule has 0 saturated carbocycles. The largest absolute Gasteiger partial charge is 0.329 e. The van der Waals surface area contributed by atoms with Crippen LogP contribution < -0.4 is 5.56 Å². The van der Waals surface area contributed by atoms with Gasteiger partial charge in [0, 0.05) is 87.7 Å². The van der Waals surface area contributed by atoms with Crippen molar-refractivity contribution in [3.05, 3.63) is 34.7 Å². The fraction of sp³-hybridized carbons (Fsp3) is 0.444. The van der Waals surface area contributed by atoms with Crippen molar-refractivity contribution in [2.24, 2.45) is 0 Å². The second kappa shape index (κ2) is 23.4. The fourth-order valence-electron chi connectivity index (χ4n) is 0.377. The van der Waals surface area contributed by atoms with Crippen LogP contribution in [-0.4, -0.2) is 4.98 Å². The molecule has 2 nitrogen and oxygen atoms in total. The molecule has 0 aliphatic carbocycles. The van der Waals surface area contributed by atoms with Crippen molar-refractivity contribution in [2.45, 2.75) is 27.7 Å². The van der Waals surface area contributed by atoms with E-state index in [1.54, 1.807) is 18.3 Å². The molecular formula is C9H17Ar2NO. The molecule has 1 aromatic heterocycles. The summed E-state index contributed by atoms with van der Waals surface area (Å²) >= 11 is 0. The topological polar surface area (TPSA) is 32.9 Å². The van der Waals surface area contributed by atoms with Gasteiger partial charge >= 0.3 is 0 Å². The molecule has 13 heavy (non-hydrogen) atoms. The molecule has 0 spiro atoms. The third-order valence-electron chi connectivity index (χ3n) is 0.681. The Labute approximate surface area is 141 Å². The molecule has 0 saturated heterocycles. The van der Waals surface area contributed by atoms with E-state index >= 15 is 0 Å². The van der Waals surface area contributed by atoms with Gasteiger partial charge in [0.1, 0.15) is 0 Å². The molecule has 4 heteroatoms. The Hall–Kier alpha value is 1.47. The van der Waals surface area contributed by atoms with Gasteiger partial charge in [-0.25, -0.2) is 0 Å². The van der Waals surface area contributed by atoms with E-state index in [-0.39, 0.29) is 81.0 Å². The Balaban J connectivity index is -0.0000000607. The number of aromatic nitrogens is 1. The van der Waals surface area contributed by atoms with Crippen LogP contribution in [0.4, 0.5) is 0 Å². The minimum Gasteiger partial charge on any atom is -0.329 e. The Morgan fingerprint density at radius 1 is 1.00 bits per heavy atom. The molecule has 0 radical (unpaired) electrons. The van der Waals surface area contributed by atoms with Crippen molar-refractivity contribution < 1.29 is 75.5 Å². The maximum absolute atomic E-state index is 10.2. The van der Waals surface area contributed by atoms with E-state index in [0.29, 0.717) is 0 Å². The molecule has 80 valence electrons. The predicted molar refractivity (Wildman–Crippen MR) is 49.8 cm³/mol. The first-order chi connectivity index (χ1) is 5.39. The van der Waals surface area contributed by atoms with Gasteiger partial charge in [0.25, 0.3) is 0 Å². The van der Waals surface area contributed by atoms with E-state index in [0.717, 1.165) is 0 Å². The Kier molecular flexibility index (Phi) is 43.0. The molecule has 0 fully saturated rings. The van der Waals surface area contributed by atoms with Crippen LogP contribution >= 0.6 is 0 Å². The number of H-pyrrole nitrogens is 1. The average molecular weight is 235 g/mol. The van der Waals surface area contributed by atoms with Gasteiger partial charge in [-0.15, -0.1) is 0 Å². The minimum atomic E-state index is -0.0532. The maximum Gasteiger partial charge on any atom is 0.247 e. The molecule has 0 aliphatic heterocycles. The summed E-state index contributed by atoms with van der Waals surface area (Å²) < 4.78 is 0. The van der Waals surface area contributed by atoms with Crippen molar-refractivity contribution in [3.8, 4) is 0 Å². The van der Waals surface area contributed by atoms with Gasteiger partial charge in [0.15, 0.2) is 0 Å². The summed E-state index contributed by atoms with van der Waals surface area (Å²) in [5, 5.41) is 0. The van der Waals surface area contributed by atoms with Crippen molar-refractivity contribution in [3.63, 3.8) is 0 Å². The van der Waals surface area contributed by atoms with Crippen LogP contribution in [0.5, 0.6) is 0 Å². The molecule has 0 bridgehead atoms. The first-order valence-electron chi connectivity index (χ1n) is 4.03. The normalized spacial score (nSPS) is 5.54. The molecule has 1 aromatic rings. The Bertz CT molecular complexity index is 183. The van der Waals surface area contributed by atoms with Gasteiger partial charge in [0.05, 0.1) is 0 Å². The molecule has 1 heterocycles. The van der Waals surface area contributed by atoms with E-state index in [4.69, 9.17) is 0 Å². The number of pyridine rings is 1. The molecule has 0 atom stereocenters. The van der Waals surface area contributed by atoms with Crippen LogP contribution in [0.2, 0.25) is 0 Å². The van der Waals surface area contributed by atoms with Crippen molar-refractivity contribution in [1.29, 1.82) is 0 Å². The number of rotatable bonds is 0. The first-order valence-corrected chi connectivity index (χ1v) is 4.03. The SMILES string of the molecule is CC.CC.O=c1cccc[nH]1.[Ar].[Ar]. The number of hydrogen-bond acceptors (Lipinski definition) is 1. The first kappa shape index (κ1) is 23.9. The summed E-state index contributed by atoms with van der Waals surface area (Å²) in [4.78, 5) is 12.7. The third kappa shape index (κ3) is 19.8. The second-order valence-electron chi connectivity index (χ2n) is 1.23. The van der Waals surface area contributed by atoms with Gasteiger partial charge in [-0.1, -0.05) is 33.8 Å². The van der Waals surface area contributed by atoms with Crippen LogP contribution in [0.3, 0.4) is 0 Å². The molecule has 0 unspecified atom stereocenters. The van der Waals surface area contributed by atoms with Gasteiger partial charge in [-0.3, -0.25) is 4.79 Å². The van der Waals surface area contributed by atoms with E-state index in [1.807, 2.05) is 27.7 Å². The molecule has 0 aliphatic rings. The van der Waals surface area contributed by atoms with E-state index < -0.39 is 0 Å². The monoisotopic (exact) mass is 235 g/mol. The summed E-state index contributed by atoms with van der Waals surface area (Å²) in [7, 11) is 0. The molecule has 1 rings (SSSR count). The number of aromatic amines is 1.